The number of piperidine rings is 1. The number of hydrogen-bond acceptors (Lipinski definition) is 5. The number of quaternary nitrogens is 1. The summed E-state index contributed by atoms with van der Waals surface area (Å²) in [5, 5.41) is 4.15. The number of thiazole rings is 1. The molecule has 27 heavy (non-hydrogen) atoms. The molecule has 0 bridgehead atoms. The van der Waals surface area contributed by atoms with Crippen molar-refractivity contribution < 1.29 is 18.1 Å². The van der Waals surface area contributed by atoms with Gasteiger partial charge in [-0.2, -0.15) is 0 Å². The number of aromatic nitrogens is 1. The van der Waals surface area contributed by atoms with Crippen LogP contribution in [0.2, 0.25) is 0 Å². The first-order valence-electron chi connectivity index (χ1n) is 9.52. The average molecular weight is 409 g/mol. The van der Waals surface area contributed by atoms with E-state index in [0.717, 1.165) is 31.4 Å². The number of carbonyl (C=O) groups is 1. The molecule has 2 saturated heterocycles. The van der Waals surface area contributed by atoms with E-state index in [2.05, 4.69) is 11.4 Å². The standard InChI is InChI=1S/C19H25N3O3S2/c1-19(8-10-27(24,25)13-19)21-17(23)12-22-9-4-5-14(11-22)18-20-15-6-2-3-7-16(15)26-18/h2-3,6-7,14H,4-5,8-13H2,1H3,(H,21,23)/p+1/t14-,19-/m0/s1. The molecule has 2 aromatic rings. The fourth-order valence-electron chi connectivity index (χ4n) is 4.30. The van der Waals surface area contributed by atoms with E-state index in [1.165, 1.54) is 14.6 Å². The van der Waals surface area contributed by atoms with Crippen molar-refractivity contribution in [3.05, 3.63) is 29.3 Å². The quantitative estimate of drug-likeness (QED) is 0.783. The fraction of sp³-hybridized carbons (Fsp3) is 0.579. The maximum absolute atomic E-state index is 12.5. The molecule has 6 nitrogen and oxygen atoms in total. The molecule has 2 aliphatic heterocycles. The number of para-hydroxylation sites is 1. The number of rotatable bonds is 4. The number of fused-ring (bicyclic) bond motifs is 1. The summed E-state index contributed by atoms with van der Waals surface area (Å²) in [6.45, 7) is 4.12. The van der Waals surface area contributed by atoms with Crippen LogP contribution in [0.5, 0.6) is 0 Å². The van der Waals surface area contributed by atoms with Crippen LogP contribution in [0.25, 0.3) is 10.2 Å². The van der Waals surface area contributed by atoms with Crippen molar-refractivity contribution in [2.45, 2.75) is 37.6 Å². The van der Waals surface area contributed by atoms with Crippen molar-refractivity contribution in [1.82, 2.24) is 10.3 Å². The Bertz CT molecular complexity index is 923. The number of benzene rings is 1. The molecule has 4 rings (SSSR count). The maximum atomic E-state index is 12.5. The van der Waals surface area contributed by atoms with E-state index in [0.29, 0.717) is 18.9 Å². The zero-order chi connectivity index (χ0) is 19.1. The molecule has 3 atom stereocenters. The Hall–Kier alpha value is -1.51. The van der Waals surface area contributed by atoms with Crippen LogP contribution >= 0.6 is 11.3 Å². The van der Waals surface area contributed by atoms with Crippen LogP contribution < -0.4 is 10.2 Å². The molecule has 1 amide bonds. The minimum absolute atomic E-state index is 0.0467. The molecule has 1 unspecified atom stereocenters. The SMILES string of the molecule is C[C@]1(NC(=O)C[NH+]2CCC[C@H](c3nc4ccccc4s3)C2)CCS(=O)(=O)C1. The Morgan fingerprint density at radius 1 is 1.41 bits per heavy atom. The largest absolute Gasteiger partial charge is 0.345 e. The van der Waals surface area contributed by atoms with Crippen molar-refractivity contribution in [3.63, 3.8) is 0 Å². The molecule has 146 valence electrons. The Morgan fingerprint density at radius 2 is 2.22 bits per heavy atom. The number of hydrogen-bond donors (Lipinski definition) is 2. The van der Waals surface area contributed by atoms with Gasteiger partial charge in [-0.1, -0.05) is 12.1 Å². The van der Waals surface area contributed by atoms with Gasteiger partial charge in [0.1, 0.15) is 5.01 Å². The van der Waals surface area contributed by atoms with E-state index in [-0.39, 0.29) is 17.4 Å². The molecule has 2 N–H and O–H groups in total. The minimum atomic E-state index is -3.02. The maximum Gasteiger partial charge on any atom is 0.275 e. The van der Waals surface area contributed by atoms with Crippen LogP contribution in [0.4, 0.5) is 0 Å². The van der Waals surface area contributed by atoms with E-state index >= 15 is 0 Å². The molecule has 8 heteroatoms. The third-order valence-electron chi connectivity index (χ3n) is 5.63. The highest BCUT2D eigenvalue weighted by molar-refractivity contribution is 7.91. The number of likely N-dealkylation sites (tertiary alicyclic amines) is 1. The highest BCUT2D eigenvalue weighted by Crippen LogP contribution is 2.30. The summed E-state index contributed by atoms with van der Waals surface area (Å²) in [4.78, 5) is 18.6. The van der Waals surface area contributed by atoms with Crippen LogP contribution in [-0.4, -0.2) is 56.0 Å². The molecule has 1 aromatic heterocycles. The lowest BCUT2D eigenvalue weighted by molar-refractivity contribution is -0.898. The number of nitrogens with zero attached hydrogens (tertiary/aromatic N) is 1. The molecule has 2 fully saturated rings. The molecule has 2 aliphatic rings. The summed E-state index contributed by atoms with van der Waals surface area (Å²) >= 11 is 1.76. The third-order valence-corrected chi connectivity index (χ3v) is 8.73. The highest BCUT2D eigenvalue weighted by Gasteiger charge is 2.40. The smallest absolute Gasteiger partial charge is 0.275 e. The predicted octanol–water partition coefficient (Wildman–Crippen LogP) is 0.752. The second kappa shape index (κ2) is 7.14. The van der Waals surface area contributed by atoms with Crippen molar-refractivity contribution in [2.24, 2.45) is 0 Å². The van der Waals surface area contributed by atoms with Gasteiger partial charge in [0.15, 0.2) is 16.4 Å². The molecular weight excluding hydrogens is 382 g/mol. The monoisotopic (exact) mass is 408 g/mol. The van der Waals surface area contributed by atoms with E-state index in [9.17, 15) is 13.2 Å². The molecule has 0 saturated carbocycles. The number of sulfone groups is 1. The Balaban J connectivity index is 1.37. The number of amides is 1. The van der Waals surface area contributed by atoms with E-state index in [1.807, 2.05) is 25.1 Å². The number of carbonyl (C=O) groups excluding carboxylic acids is 1. The first-order valence-corrected chi connectivity index (χ1v) is 12.2. The van der Waals surface area contributed by atoms with Gasteiger partial charge in [0.25, 0.3) is 5.91 Å². The summed E-state index contributed by atoms with van der Waals surface area (Å²) in [6, 6.07) is 8.20. The topological polar surface area (TPSA) is 80.6 Å². The summed E-state index contributed by atoms with van der Waals surface area (Å²) in [7, 11) is -3.02. The normalized spacial score (nSPS) is 30.4. The first-order chi connectivity index (χ1) is 12.8. The molecule has 1 aromatic carbocycles. The summed E-state index contributed by atoms with van der Waals surface area (Å²) in [5.41, 5.74) is 0.440. The second-order valence-electron chi connectivity index (χ2n) is 8.19. The van der Waals surface area contributed by atoms with E-state index in [4.69, 9.17) is 4.98 Å². The Kier molecular flexibility index (Phi) is 4.98. The van der Waals surface area contributed by atoms with Crippen molar-refractivity contribution in [3.8, 4) is 0 Å². The summed E-state index contributed by atoms with van der Waals surface area (Å²) in [6.07, 6.45) is 2.69. The van der Waals surface area contributed by atoms with Gasteiger partial charge in [-0.15, -0.1) is 11.3 Å². The third kappa shape index (κ3) is 4.33. The van der Waals surface area contributed by atoms with Gasteiger partial charge in [-0.25, -0.2) is 13.4 Å². The van der Waals surface area contributed by atoms with Crippen LogP contribution in [0.3, 0.4) is 0 Å². The van der Waals surface area contributed by atoms with Crippen molar-refractivity contribution >= 4 is 37.3 Å². The van der Waals surface area contributed by atoms with Crippen LogP contribution in [0.1, 0.15) is 37.1 Å². The lowest BCUT2D eigenvalue weighted by atomic mass is 9.98. The van der Waals surface area contributed by atoms with Crippen molar-refractivity contribution in [1.29, 1.82) is 0 Å². The molecular formula is C19H26N3O3S2+. The fourth-order valence-corrected chi connectivity index (χ4v) is 7.50. The molecule has 3 heterocycles. The predicted molar refractivity (Wildman–Crippen MR) is 107 cm³/mol. The molecule has 0 radical (unpaired) electrons. The Labute approximate surface area is 163 Å². The van der Waals surface area contributed by atoms with E-state index < -0.39 is 15.4 Å². The van der Waals surface area contributed by atoms with Gasteiger partial charge < -0.3 is 10.2 Å². The van der Waals surface area contributed by atoms with Gasteiger partial charge in [0.2, 0.25) is 0 Å². The zero-order valence-electron chi connectivity index (χ0n) is 15.5. The van der Waals surface area contributed by atoms with Crippen LogP contribution in [0, 0.1) is 0 Å². The van der Waals surface area contributed by atoms with Crippen molar-refractivity contribution in [2.75, 3.05) is 31.1 Å². The number of nitrogens with one attached hydrogen (secondary N) is 2. The van der Waals surface area contributed by atoms with Gasteiger partial charge in [-0.3, -0.25) is 4.79 Å². The van der Waals surface area contributed by atoms with Gasteiger partial charge in [0.05, 0.1) is 46.3 Å². The lowest BCUT2D eigenvalue weighted by Crippen LogP contribution is -3.14. The molecule has 0 spiro atoms. The zero-order valence-corrected chi connectivity index (χ0v) is 17.2. The lowest BCUT2D eigenvalue weighted by Gasteiger charge is -2.30. The first kappa shape index (κ1) is 18.8. The van der Waals surface area contributed by atoms with Crippen LogP contribution in [-0.2, 0) is 14.6 Å². The molecule has 0 aliphatic carbocycles. The minimum Gasteiger partial charge on any atom is -0.345 e. The van der Waals surface area contributed by atoms with Gasteiger partial charge in [0, 0.05) is 0 Å². The van der Waals surface area contributed by atoms with Crippen LogP contribution in [0.15, 0.2) is 24.3 Å². The summed E-state index contributed by atoms with van der Waals surface area (Å²) in [5.74, 6) is 0.561. The van der Waals surface area contributed by atoms with E-state index in [1.54, 1.807) is 11.3 Å². The summed E-state index contributed by atoms with van der Waals surface area (Å²) < 4.78 is 24.7. The highest BCUT2D eigenvalue weighted by atomic mass is 32.2. The Morgan fingerprint density at radius 3 is 2.96 bits per heavy atom. The average Bonchev–Trinajstić information content (AvgIpc) is 3.15. The van der Waals surface area contributed by atoms with Gasteiger partial charge in [-0.05, 0) is 38.3 Å². The second-order valence-corrected chi connectivity index (χ2v) is 11.4. The van der Waals surface area contributed by atoms with Gasteiger partial charge >= 0.3 is 0 Å².